The molecule has 0 aliphatic heterocycles. The van der Waals surface area contributed by atoms with E-state index in [1.807, 2.05) is 0 Å². The summed E-state index contributed by atoms with van der Waals surface area (Å²) in [7, 11) is 0. The van der Waals surface area contributed by atoms with Gasteiger partial charge >= 0.3 is 0 Å². The van der Waals surface area contributed by atoms with Crippen molar-refractivity contribution in [1.29, 1.82) is 0 Å². The molecule has 9 rings (SSSR count). The van der Waals surface area contributed by atoms with Crippen LogP contribution in [0.15, 0.2) is 126 Å². The molecule has 0 spiro atoms. The largest absolute Gasteiger partial charge is 0.334 e. The van der Waals surface area contributed by atoms with Crippen LogP contribution in [-0.4, -0.2) is 10.6 Å². The minimum atomic E-state index is 0.246. The molecular formula is C45H40N2S. The van der Waals surface area contributed by atoms with E-state index in [1.54, 1.807) is 0 Å². The molecule has 4 aromatic carbocycles. The van der Waals surface area contributed by atoms with Crippen LogP contribution in [0, 0.1) is 6.92 Å². The van der Waals surface area contributed by atoms with Gasteiger partial charge in [0.05, 0.1) is 17.1 Å². The number of aromatic nitrogens is 1. The van der Waals surface area contributed by atoms with E-state index in [2.05, 4.69) is 150 Å². The Labute approximate surface area is 289 Å². The highest BCUT2D eigenvalue weighted by Crippen LogP contribution is 2.47. The second-order valence-electron chi connectivity index (χ2n) is 13.6. The third-order valence-electron chi connectivity index (χ3n) is 10.8. The van der Waals surface area contributed by atoms with Crippen molar-refractivity contribution in [2.45, 2.75) is 62.3 Å². The van der Waals surface area contributed by atoms with Gasteiger partial charge in [-0.3, -0.25) is 0 Å². The van der Waals surface area contributed by atoms with E-state index in [-0.39, 0.29) is 6.04 Å². The first-order chi connectivity index (χ1) is 23.7. The fourth-order valence-corrected chi connectivity index (χ4v) is 9.04. The Hall–Kier alpha value is -4.73. The Balaban J connectivity index is 1.27. The Morgan fingerprint density at radius 1 is 0.771 bits per heavy atom. The smallest absolute Gasteiger partial charge is 0.0559 e. The van der Waals surface area contributed by atoms with Crippen molar-refractivity contribution in [2.75, 3.05) is 4.90 Å². The molecule has 2 nitrogen and oxygen atoms in total. The van der Waals surface area contributed by atoms with E-state index < -0.39 is 0 Å². The monoisotopic (exact) mass is 640 g/mol. The summed E-state index contributed by atoms with van der Waals surface area (Å²) in [6.07, 6.45) is 31.4. The highest BCUT2D eigenvalue weighted by molar-refractivity contribution is 7.80. The molecule has 0 bridgehead atoms. The first-order valence-corrected chi connectivity index (χ1v) is 18.0. The number of benzene rings is 4. The maximum Gasteiger partial charge on any atom is 0.0559 e. The maximum atomic E-state index is 5.45. The molecule has 3 heteroatoms. The lowest BCUT2D eigenvalue weighted by Crippen LogP contribution is -2.30. The van der Waals surface area contributed by atoms with Crippen LogP contribution in [0.25, 0.3) is 39.7 Å². The molecule has 1 heterocycles. The number of nitrogens with zero attached hydrogens (tertiary/aromatic N) is 2. The zero-order chi connectivity index (χ0) is 32.2. The van der Waals surface area contributed by atoms with Crippen molar-refractivity contribution in [1.82, 2.24) is 4.57 Å². The number of para-hydroxylation sites is 1. The van der Waals surface area contributed by atoms with Gasteiger partial charge in [0.1, 0.15) is 0 Å². The molecule has 0 fully saturated rings. The van der Waals surface area contributed by atoms with Crippen LogP contribution >= 0.6 is 12.6 Å². The van der Waals surface area contributed by atoms with Crippen molar-refractivity contribution in [3.8, 4) is 0 Å². The molecule has 5 aromatic rings. The third-order valence-corrected chi connectivity index (χ3v) is 11.3. The van der Waals surface area contributed by atoms with E-state index in [9.17, 15) is 0 Å². The Morgan fingerprint density at radius 3 is 2.50 bits per heavy atom. The second-order valence-corrected chi connectivity index (χ2v) is 14.0. The molecule has 0 radical (unpaired) electrons. The standard InChI is InChI=1S/C45H40N2S/c1-30-13-8-11-22-40(30)46(33-16-4-2-5-17-33)35-25-26-39-42(29-35)47(34-18-6-3-7-19-34)41-28-27-38(45(48)44(39)41)37-21-12-15-32-24-23-31-14-9-10-20-36(31)43(32)37/h2-6,8-9,11-16,18,22-29,33,37,48H,7,10,17,19-21H2,1H3. The van der Waals surface area contributed by atoms with Crippen molar-refractivity contribution >= 4 is 63.7 Å². The minimum absolute atomic E-state index is 0.246. The summed E-state index contributed by atoms with van der Waals surface area (Å²) in [5, 5.41) is 2.53. The van der Waals surface area contributed by atoms with Crippen LogP contribution in [0.3, 0.4) is 0 Å². The van der Waals surface area contributed by atoms with Gasteiger partial charge < -0.3 is 9.47 Å². The first-order valence-electron chi connectivity index (χ1n) is 17.5. The molecule has 4 aliphatic rings. The summed E-state index contributed by atoms with van der Waals surface area (Å²) < 4.78 is 2.52. The number of hydrogen-bond acceptors (Lipinski definition) is 2. The molecule has 236 valence electrons. The van der Waals surface area contributed by atoms with E-state index in [1.165, 1.54) is 72.3 Å². The van der Waals surface area contributed by atoms with Crippen molar-refractivity contribution < 1.29 is 0 Å². The maximum absolute atomic E-state index is 5.45. The number of thiol groups is 1. The number of rotatable bonds is 5. The third kappa shape index (κ3) is 4.78. The van der Waals surface area contributed by atoms with E-state index >= 15 is 0 Å². The van der Waals surface area contributed by atoms with Crippen molar-refractivity contribution in [3.05, 3.63) is 155 Å². The molecule has 48 heavy (non-hydrogen) atoms. The minimum Gasteiger partial charge on any atom is -0.334 e. The lowest BCUT2D eigenvalue weighted by Gasteiger charge is -2.34. The first kappa shape index (κ1) is 29.4. The van der Waals surface area contributed by atoms with Gasteiger partial charge in [-0.15, -0.1) is 12.6 Å². The molecule has 4 aliphatic carbocycles. The van der Waals surface area contributed by atoms with Crippen LogP contribution in [0.2, 0.25) is 0 Å². The summed E-state index contributed by atoms with van der Waals surface area (Å²) in [5.41, 5.74) is 14.7. The number of aryl methyl sites for hydroxylation is 1. The number of fused-ring (bicyclic) bond motifs is 6. The highest BCUT2D eigenvalue weighted by atomic mass is 32.1. The molecule has 0 saturated heterocycles. The SMILES string of the molecule is Cc1ccccc1N(c1ccc2c3c(S)c(C4CC=Cc5ccc6c(c54)CCC=C6)ccc3n(C3=CC=CCC3)c2c1)C1C=CC=CC1. The van der Waals surface area contributed by atoms with Crippen LogP contribution in [0.1, 0.15) is 71.4 Å². The average molecular weight is 641 g/mol. The van der Waals surface area contributed by atoms with E-state index in [0.29, 0.717) is 5.92 Å². The molecule has 0 N–H and O–H groups in total. The lowest BCUT2D eigenvalue weighted by molar-refractivity contribution is 0.781. The summed E-state index contributed by atoms with van der Waals surface area (Å²) in [6, 6.07) is 25.5. The predicted molar refractivity (Wildman–Crippen MR) is 209 cm³/mol. The number of allylic oxidation sites excluding steroid dienone is 8. The Kier molecular flexibility index (Phi) is 7.39. The Bertz CT molecular complexity index is 2290. The van der Waals surface area contributed by atoms with Gasteiger partial charge in [-0.2, -0.15) is 0 Å². The number of hydrogen-bond donors (Lipinski definition) is 1. The Morgan fingerprint density at radius 2 is 1.65 bits per heavy atom. The molecule has 0 saturated carbocycles. The quantitative estimate of drug-likeness (QED) is 0.188. The van der Waals surface area contributed by atoms with Gasteiger partial charge in [0.2, 0.25) is 0 Å². The van der Waals surface area contributed by atoms with Crippen LogP contribution < -0.4 is 4.90 Å². The molecule has 2 unspecified atom stereocenters. The summed E-state index contributed by atoms with van der Waals surface area (Å²) >= 11 is 5.45. The van der Waals surface area contributed by atoms with Crippen molar-refractivity contribution in [3.63, 3.8) is 0 Å². The lowest BCUT2D eigenvalue weighted by atomic mass is 9.76. The fourth-order valence-electron chi connectivity index (χ4n) is 8.57. The molecule has 2 atom stereocenters. The fraction of sp³-hybridized carbons (Fsp3) is 0.200. The van der Waals surface area contributed by atoms with Gasteiger partial charge in [-0.25, -0.2) is 0 Å². The van der Waals surface area contributed by atoms with Crippen LogP contribution in [0.5, 0.6) is 0 Å². The zero-order valence-electron chi connectivity index (χ0n) is 27.4. The van der Waals surface area contributed by atoms with Gasteiger partial charge in [0.25, 0.3) is 0 Å². The topological polar surface area (TPSA) is 8.17 Å². The average Bonchev–Trinajstić information content (AvgIpc) is 3.47. The van der Waals surface area contributed by atoms with Crippen LogP contribution in [-0.2, 0) is 6.42 Å². The van der Waals surface area contributed by atoms with E-state index in [4.69, 9.17) is 12.6 Å². The van der Waals surface area contributed by atoms with Gasteiger partial charge in [-0.1, -0.05) is 103 Å². The van der Waals surface area contributed by atoms with Gasteiger partial charge in [0.15, 0.2) is 0 Å². The normalized spacial score (nSPS) is 19.5. The number of anilines is 2. The van der Waals surface area contributed by atoms with Gasteiger partial charge in [-0.05, 0) is 109 Å². The summed E-state index contributed by atoms with van der Waals surface area (Å²) in [6.45, 7) is 2.22. The zero-order valence-corrected chi connectivity index (χ0v) is 28.3. The second kappa shape index (κ2) is 12.1. The molecule has 1 aromatic heterocycles. The van der Waals surface area contributed by atoms with E-state index in [0.717, 1.165) is 43.4 Å². The molecular weight excluding hydrogens is 601 g/mol. The van der Waals surface area contributed by atoms with Gasteiger partial charge in [0, 0.05) is 38.7 Å². The van der Waals surface area contributed by atoms with Crippen molar-refractivity contribution in [2.24, 2.45) is 0 Å². The highest BCUT2D eigenvalue weighted by Gasteiger charge is 2.28. The van der Waals surface area contributed by atoms with Crippen LogP contribution in [0.4, 0.5) is 11.4 Å². The summed E-state index contributed by atoms with van der Waals surface area (Å²) in [4.78, 5) is 3.64. The summed E-state index contributed by atoms with van der Waals surface area (Å²) in [5.74, 6) is 0.292. The predicted octanol–water partition coefficient (Wildman–Crippen LogP) is 12.1. The molecule has 0 amide bonds.